The van der Waals surface area contributed by atoms with Crippen LogP contribution >= 0.6 is 23.7 Å². The molecule has 3 N–H and O–H groups in total. The van der Waals surface area contributed by atoms with E-state index < -0.39 is 5.54 Å². The summed E-state index contributed by atoms with van der Waals surface area (Å²) in [5, 5.41) is 3.90. The molecule has 1 saturated heterocycles. The lowest BCUT2D eigenvalue weighted by Gasteiger charge is -2.31. The van der Waals surface area contributed by atoms with E-state index in [0.717, 1.165) is 21.8 Å². The van der Waals surface area contributed by atoms with Gasteiger partial charge < -0.3 is 15.8 Å². The zero-order chi connectivity index (χ0) is 18.1. The summed E-state index contributed by atoms with van der Waals surface area (Å²) < 4.78 is 6.48. The first-order chi connectivity index (χ1) is 12.5. The first-order valence-electron chi connectivity index (χ1n) is 8.69. The number of nitrogens with two attached hydrogens (primary N) is 1. The number of nitrogens with one attached hydrogen (secondary N) is 1. The van der Waals surface area contributed by atoms with Gasteiger partial charge in [0.25, 0.3) is 0 Å². The second-order valence-corrected chi connectivity index (χ2v) is 7.82. The van der Waals surface area contributed by atoms with Crippen molar-refractivity contribution in [3.05, 3.63) is 48.0 Å². The Morgan fingerprint density at radius 2 is 1.89 bits per heavy atom. The number of hydrogen-bond acceptors (Lipinski definition) is 5. The summed E-state index contributed by atoms with van der Waals surface area (Å²) >= 11 is 1.67. The third kappa shape index (κ3) is 4.14. The smallest absolute Gasteiger partial charge is 0.244 e. The van der Waals surface area contributed by atoms with Crippen LogP contribution in [0.5, 0.6) is 0 Å². The van der Waals surface area contributed by atoms with Gasteiger partial charge >= 0.3 is 0 Å². The number of ether oxygens (including phenoxy) is 1. The molecule has 1 fully saturated rings. The number of halogens is 1. The van der Waals surface area contributed by atoms with Gasteiger partial charge in [-0.3, -0.25) is 4.79 Å². The second kappa shape index (κ2) is 7.94. The topological polar surface area (TPSA) is 77.2 Å². The van der Waals surface area contributed by atoms with Gasteiger partial charge in [-0.15, -0.1) is 23.7 Å². The van der Waals surface area contributed by atoms with Crippen LogP contribution < -0.4 is 11.1 Å². The highest BCUT2D eigenvalue weighted by molar-refractivity contribution is 7.21. The van der Waals surface area contributed by atoms with Gasteiger partial charge in [-0.05, 0) is 61.7 Å². The van der Waals surface area contributed by atoms with Crippen molar-refractivity contribution in [3.8, 4) is 10.6 Å². The normalized spacial score (nSPS) is 15.9. The first-order valence-corrected chi connectivity index (χ1v) is 9.51. The Hall–Kier alpha value is -1.99. The summed E-state index contributed by atoms with van der Waals surface area (Å²) in [7, 11) is 0. The van der Waals surface area contributed by atoms with E-state index in [1.807, 2.05) is 30.3 Å². The Morgan fingerprint density at radius 3 is 2.59 bits per heavy atom. The average Bonchev–Trinajstić information content (AvgIpc) is 3.06. The quantitative estimate of drug-likeness (QED) is 0.689. The van der Waals surface area contributed by atoms with E-state index >= 15 is 0 Å². The number of aromatic nitrogens is 1. The molecule has 27 heavy (non-hydrogen) atoms. The van der Waals surface area contributed by atoms with Gasteiger partial charge in [-0.1, -0.05) is 6.07 Å². The predicted octanol–water partition coefficient (Wildman–Crippen LogP) is 4.14. The lowest BCUT2D eigenvalue weighted by molar-refractivity contribution is -0.124. The lowest BCUT2D eigenvalue weighted by Crippen LogP contribution is -2.54. The fourth-order valence-electron chi connectivity index (χ4n) is 3.07. The van der Waals surface area contributed by atoms with E-state index in [9.17, 15) is 4.79 Å². The maximum atomic E-state index is 12.5. The predicted molar refractivity (Wildman–Crippen MR) is 113 cm³/mol. The van der Waals surface area contributed by atoms with Crippen molar-refractivity contribution in [2.75, 3.05) is 18.5 Å². The Balaban J connectivity index is 0.00000210. The molecule has 7 heteroatoms. The molecule has 0 atom stereocenters. The minimum atomic E-state index is -0.845. The molecule has 0 spiro atoms. The number of fused-ring (bicyclic) bond motifs is 1. The molecule has 1 aliphatic heterocycles. The van der Waals surface area contributed by atoms with Crippen molar-refractivity contribution in [2.24, 2.45) is 5.73 Å². The zero-order valence-electron chi connectivity index (χ0n) is 15.0. The van der Waals surface area contributed by atoms with Crippen molar-refractivity contribution >= 4 is 45.6 Å². The maximum Gasteiger partial charge on any atom is 0.244 e. The van der Waals surface area contributed by atoms with Crippen LogP contribution in [0.15, 0.2) is 42.5 Å². The molecule has 4 rings (SSSR count). The molecule has 1 aliphatic rings. The van der Waals surface area contributed by atoms with Crippen LogP contribution in [0.25, 0.3) is 20.8 Å². The minimum Gasteiger partial charge on any atom is -0.381 e. The monoisotopic (exact) mass is 403 g/mol. The third-order valence-electron chi connectivity index (χ3n) is 4.77. The molecule has 0 unspecified atom stereocenters. The highest BCUT2D eigenvalue weighted by atomic mass is 35.5. The Labute approximate surface area is 168 Å². The minimum absolute atomic E-state index is 0. The van der Waals surface area contributed by atoms with E-state index in [1.54, 1.807) is 11.3 Å². The summed E-state index contributed by atoms with van der Waals surface area (Å²) in [5.74, 6) is -0.149. The van der Waals surface area contributed by atoms with Crippen molar-refractivity contribution in [1.29, 1.82) is 0 Å². The standard InChI is InChI=1S/C20H21N3O2S.ClH/c1-13-2-7-16-17(12-13)26-18(23-16)14-3-5-15(6-4-14)22-19(24)20(21)8-10-25-11-9-20;/h2-7,12H,8-11,21H2,1H3,(H,22,24);1H. The summed E-state index contributed by atoms with van der Waals surface area (Å²) in [6.07, 6.45) is 1.09. The first kappa shape index (κ1) is 19.8. The van der Waals surface area contributed by atoms with E-state index in [0.29, 0.717) is 26.1 Å². The lowest BCUT2D eigenvalue weighted by atomic mass is 9.90. The number of aryl methyl sites for hydroxylation is 1. The van der Waals surface area contributed by atoms with Crippen molar-refractivity contribution < 1.29 is 9.53 Å². The van der Waals surface area contributed by atoms with Crippen molar-refractivity contribution in [3.63, 3.8) is 0 Å². The number of nitrogens with zero attached hydrogens (tertiary/aromatic N) is 1. The van der Waals surface area contributed by atoms with Crippen LogP contribution in [0.3, 0.4) is 0 Å². The largest absolute Gasteiger partial charge is 0.381 e. The third-order valence-corrected chi connectivity index (χ3v) is 5.84. The molecule has 0 aliphatic carbocycles. The number of thiazole rings is 1. The molecular weight excluding hydrogens is 382 g/mol. The van der Waals surface area contributed by atoms with Crippen LogP contribution in [0, 0.1) is 6.92 Å². The fourth-order valence-corrected chi connectivity index (χ4v) is 4.14. The highest BCUT2D eigenvalue weighted by Crippen LogP contribution is 2.31. The molecule has 2 heterocycles. The number of carbonyl (C=O) groups is 1. The molecule has 0 bridgehead atoms. The van der Waals surface area contributed by atoms with Gasteiger partial charge in [0, 0.05) is 24.5 Å². The Morgan fingerprint density at radius 1 is 1.19 bits per heavy atom. The molecule has 3 aromatic rings. The van der Waals surface area contributed by atoms with Crippen LogP contribution in [0.1, 0.15) is 18.4 Å². The molecular formula is C20H22ClN3O2S. The average molecular weight is 404 g/mol. The number of hydrogen-bond donors (Lipinski definition) is 2. The molecule has 142 valence electrons. The molecule has 1 amide bonds. The Bertz CT molecular complexity index is 950. The van der Waals surface area contributed by atoms with Gasteiger partial charge in [-0.25, -0.2) is 4.98 Å². The van der Waals surface area contributed by atoms with E-state index in [4.69, 9.17) is 15.5 Å². The highest BCUT2D eigenvalue weighted by Gasteiger charge is 2.35. The van der Waals surface area contributed by atoms with Crippen molar-refractivity contribution in [2.45, 2.75) is 25.3 Å². The summed E-state index contributed by atoms with van der Waals surface area (Å²) in [4.78, 5) is 17.2. The van der Waals surface area contributed by atoms with Gasteiger partial charge in [0.15, 0.2) is 0 Å². The summed E-state index contributed by atoms with van der Waals surface area (Å²) in [6, 6.07) is 14.0. The number of amides is 1. The molecule has 0 radical (unpaired) electrons. The number of rotatable bonds is 3. The fraction of sp³-hybridized carbons (Fsp3) is 0.300. The second-order valence-electron chi connectivity index (χ2n) is 6.79. The number of benzene rings is 2. The van der Waals surface area contributed by atoms with Crippen LogP contribution in [0.4, 0.5) is 5.69 Å². The van der Waals surface area contributed by atoms with Gasteiger partial charge in [0.2, 0.25) is 5.91 Å². The van der Waals surface area contributed by atoms with Crippen LogP contribution in [-0.4, -0.2) is 29.6 Å². The Kier molecular flexibility index (Phi) is 5.81. The molecule has 5 nitrogen and oxygen atoms in total. The van der Waals surface area contributed by atoms with E-state index in [-0.39, 0.29) is 18.3 Å². The van der Waals surface area contributed by atoms with Gasteiger partial charge in [0.1, 0.15) is 10.5 Å². The van der Waals surface area contributed by atoms with Crippen molar-refractivity contribution in [1.82, 2.24) is 4.98 Å². The van der Waals surface area contributed by atoms with E-state index in [1.165, 1.54) is 10.3 Å². The van der Waals surface area contributed by atoms with Crippen LogP contribution in [-0.2, 0) is 9.53 Å². The molecule has 1 aromatic heterocycles. The SMILES string of the molecule is Cc1ccc2nc(-c3ccc(NC(=O)C4(N)CCOCC4)cc3)sc2c1.Cl. The van der Waals surface area contributed by atoms with Gasteiger partial charge in [-0.2, -0.15) is 0 Å². The van der Waals surface area contributed by atoms with E-state index in [2.05, 4.69) is 24.4 Å². The zero-order valence-corrected chi connectivity index (χ0v) is 16.7. The molecule has 2 aromatic carbocycles. The van der Waals surface area contributed by atoms with Gasteiger partial charge in [0.05, 0.1) is 10.2 Å². The van der Waals surface area contributed by atoms with Crippen LogP contribution in [0.2, 0.25) is 0 Å². The summed E-state index contributed by atoms with van der Waals surface area (Å²) in [6.45, 7) is 3.14. The number of anilines is 1. The number of carbonyl (C=O) groups excluding carboxylic acids is 1. The molecule has 0 saturated carbocycles. The maximum absolute atomic E-state index is 12.5. The summed E-state index contributed by atoms with van der Waals surface area (Å²) in [5.41, 5.74) is 9.40.